The molecule has 4 rings (SSSR count). The van der Waals surface area contributed by atoms with Gasteiger partial charge in [-0.3, -0.25) is 0 Å². The molecule has 0 saturated heterocycles. The maximum absolute atomic E-state index is 6.55. The van der Waals surface area contributed by atoms with Crippen LogP contribution in [0.3, 0.4) is 0 Å². The Morgan fingerprint density at radius 1 is 0.970 bits per heavy atom. The minimum Gasteiger partial charge on any atom is -0.437 e. The van der Waals surface area contributed by atoms with E-state index in [1.807, 2.05) is 42.6 Å². The molecule has 0 amide bonds. The second kappa shape index (κ2) is 11.6. The lowest BCUT2D eigenvalue weighted by Crippen LogP contribution is -2.41. The quantitative estimate of drug-likeness (QED) is 0.270. The average Bonchev–Trinajstić information content (AvgIpc) is 3.29. The first-order chi connectivity index (χ1) is 16.1. The van der Waals surface area contributed by atoms with Crippen molar-refractivity contribution in [3.63, 3.8) is 0 Å². The number of likely N-dealkylation sites (N-methyl/N-ethyl adjacent to an activating group) is 1. The van der Waals surface area contributed by atoms with Crippen LogP contribution in [0.25, 0.3) is 0 Å². The maximum atomic E-state index is 6.55. The van der Waals surface area contributed by atoms with Gasteiger partial charge >= 0.3 is 0 Å². The lowest BCUT2D eigenvalue weighted by atomic mass is 9.97. The van der Waals surface area contributed by atoms with Crippen molar-refractivity contribution in [1.82, 2.24) is 4.98 Å². The van der Waals surface area contributed by atoms with Gasteiger partial charge in [0.15, 0.2) is 11.9 Å². The van der Waals surface area contributed by atoms with E-state index in [9.17, 15) is 0 Å². The molecule has 1 saturated carbocycles. The Bertz CT molecular complexity index is 950. The van der Waals surface area contributed by atoms with E-state index in [2.05, 4.69) is 43.3 Å². The van der Waals surface area contributed by atoms with Gasteiger partial charge in [0, 0.05) is 0 Å². The minimum absolute atomic E-state index is 0.257. The zero-order valence-corrected chi connectivity index (χ0v) is 20.0. The zero-order valence-electron chi connectivity index (χ0n) is 20.0. The summed E-state index contributed by atoms with van der Waals surface area (Å²) in [4.78, 5) is 4.65. The molecule has 0 bridgehead atoms. The van der Waals surface area contributed by atoms with Crippen molar-refractivity contribution in [1.29, 1.82) is 0 Å². The summed E-state index contributed by atoms with van der Waals surface area (Å²) in [6, 6.07) is 20.6. The summed E-state index contributed by atoms with van der Waals surface area (Å²) in [6.07, 6.45) is 7.89. The van der Waals surface area contributed by atoms with Crippen LogP contribution >= 0.6 is 0 Å². The number of oxazole rings is 1. The minimum atomic E-state index is -0.257. The van der Waals surface area contributed by atoms with E-state index in [0.29, 0.717) is 19.1 Å². The molecule has 3 aromatic rings. The molecule has 176 valence electrons. The Balaban J connectivity index is 1.35. The zero-order chi connectivity index (χ0) is 22.9. The van der Waals surface area contributed by atoms with Gasteiger partial charge in [-0.05, 0) is 24.0 Å². The van der Waals surface area contributed by atoms with Gasteiger partial charge in [-0.15, -0.1) is 0 Å². The van der Waals surface area contributed by atoms with Gasteiger partial charge in [0.2, 0.25) is 5.89 Å². The van der Waals surface area contributed by atoms with Crippen LogP contribution in [-0.2, 0) is 22.6 Å². The van der Waals surface area contributed by atoms with Crippen molar-refractivity contribution >= 4 is 0 Å². The van der Waals surface area contributed by atoms with E-state index in [1.165, 1.54) is 24.8 Å². The molecular weight excluding hydrogens is 412 g/mol. The summed E-state index contributed by atoms with van der Waals surface area (Å²) in [7, 11) is 4.39. The molecule has 0 radical (unpaired) electrons. The molecule has 1 atom stereocenters. The molecule has 0 spiro atoms. The summed E-state index contributed by atoms with van der Waals surface area (Å²) in [6.45, 7) is 2.99. The largest absolute Gasteiger partial charge is 0.437 e. The van der Waals surface area contributed by atoms with Crippen LogP contribution < -0.4 is 0 Å². The van der Waals surface area contributed by atoms with Gasteiger partial charge < -0.3 is 18.4 Å². The predicted octanol–water partition coefficient (Wildman–Crippen LogP) is 5.91. The highest BCUT2D eigenvalue weighted by atomic mass is 16.5. The lowest BCUT2D eigenvalue weighted by Gasteiger charge is -2.28. The number of nitrogens with zero attached hydrogens (tertiary/aromatic N) is 2. The summed E-state index contributed by atoms with van der Waals surface area (Å²) in [5.74, 6) is 1.54. The lowest BCUT2D eigenvalue weighted by molar-refractivity contribution is -0.905. The SMILES string of the molecule is C[N+](C)(CCOCc1ccccc1)Cc1cnc([C@H](OC2CCCCC2)c2ccccc2)o1. The van der Waals surface area contributed by atoms with Crippen molar-refractivity contribution in [2.45, 2.75) is 57.5 Å². The first kappa shape index (κ1) is 23.7. The Hall–Kier alpha value is -2.47. The number of hydrogen-bond acceptors (Lipinski definition) is 4. The van der Waals surface area contributed by atoms with Gasteiger partial charge in [-0.2, -0.15) is 0 Å². The molecule has 5 nitrogen and oxygen atoms in total. The number of rotatable bonds is 11. The van der Waals surface area contributed by atoms with Crippen molar-refractivity contribution < 1.29 is 18.4 Å². The fourth-order valence-corrected chi connectivity index (χ4v) is 4.39. The molecule has 1 heterocycles. The fraction of sp³-hybridized carbons (Fsp3) is 0.464. The molecule has 1 aliphatic rings. The normalized spacial score (nSPS) is 16.1. The topological polar surface area (TPSA) is 44.5 Å². The summed E-state index contributed by atoms with van der Waals surface area (Å²) in [5.41, 5.74) is 2.30. The third-order valence-electron chi connectivity index (χ3n) is 6.32. The number of ether oxygens (including phenoxy) is 2. The molecule has 0 N–H and O–H groups in total. The standard InChI is InChI=1S/C28H37N2O3/c1-30(2,18-19-31-22-23-12-6-3-7-13-23)21-26-20-29-28(33-26)27(24-14-8-4-9-15-24)32-25-16-10-5-11-17-25/h3-4,6-9,12-15,20,25,27H,5,10-11,16-19,21-22H2,1-2H3/q+1/t27-/m1/s1. The van der Waals surface area contributed by atoms with Gasteiger partial charge in [0.25, 0.3) is 0 Å². The first-order valence-electron chi connectivity index (χ1n) is 12.2. The van der Waals surface area contributed by atoms with E-state index in [0.717, 1.165) is 41.7 Å². The van der Waals surface area contributed by atoms with Crippen LogP contribution in [0.15, 0.2) is 71.3 Å². The monoisotopic (exact) mass is 449 g/mol. The van der Waals surface area contributed by atoms with Crippen molar-refractivity contribution in [2.75, 3.05) is 27.2 Å². The maximum Gasteiger partial charge on any atom is 0.228 e. The Morgan fingerprint density at radius 2 is 1.67 bits per heavy atom. The molecular formula is C28H37N2O3+. The molecule has 1 aliphatic carbocycles. The molecule has 1 aromatic heterocycles. The number of quaternary nitrogens is 1. The van der Waals surface area contributed by atoms with Crippen LogP contribution in [-0.4, -0.2) is 42.8 Å². The molecule has 1 fully saturated rings. The van der Waals surface area contributed by atoms with Crippen LogP contribution in [0.5, 0.6) is 0 Å². The first-order valence-corrected chi connectivity index (χ1v) is 12.2. The van der Waals surface area contributed by atoms with Gasteiger partial charge in [0.05, 0.1) is 39.6 Å². The molecule has 2 aromatic carbocycles. The smallest absolute Gasteiger partial charge is 0.228 e. The highest BCUT2D eigenvalue weighted by molar-refractivity contribution is 5.22. The predicted molar refractivity (Wildman–Crippen MR) is 130 cm³/mol. The van der Waals surface area contributed by atoms with E-state index < -0.39 is 0 Å². The summed E-state index contributed by atoms with van der Waals surface area (Å²) in [5, 5.41) is 0. The van der Waals surface area contributed by atoms with Crippen molar-refractivity contribution in [2.24, 2.45) is 0 Å². The van der Waals surface area contributed by atoms with E-state index in [1.54, 1.807) is 0 Å². The van der Waals surface area contributed by atoms with E-state index >= 15 is 0 Å². The van der Waals surface area contributed by atoms with Crippen LogP contribution in [0.1, 0.15) is 61.0 Å². The number of benzene rings is 2. The third kappa shape index (κ3) is 7.26. The molecule has 5 heteroatoms. The Labute approximate surface area is 197 Å². The van der Waals surface area contributed by atoms with Gasteiger partial charge in [0.1, 0.15) is 13.1 Å². The van der Waals surface area contributed by atoms with E-state index in [-0.39, 0.29) is 12.2 Å². The van der Waals surface area contributed by atoms with Crippen LogP contribution in [0.4, 0.5) is 0 Å². The highest BCUT2D eigenvalue weighted by Gasteiger charge is 2.27. The second-order valence-electron chi connectivity index (χ2n) is 9.71. The molecule has 0 aliphatic heterocycles. The van der Waals surface area contributed by atoms with E-state index in [4.69, 9.17) is 13.9 Å². The summed E-state index contributed by atoms with van der Waals surface area (Å²) < 4.78 is 19.5. The number of hydrogen-bond donors (Lipinski definition) is 0. The second-order valence-corrected chi connectivity index (χ2v) is 9.71. The van der Waals surface area contributed by atoms with Crippen LogP contribution in [0, 0.1) is 0 Å². The van der Waals surface area contributed by atoms with Gasteiger partial charge in [-0.1, -0.05) is 79.9 Å². The van der Waals surface area contributed by atoms with Crippen LogP contribution in [0.2, 0.25) is 0 Å². The van der Waals surface area contributed by atoms with Crippen molar-refractivity contribution in [3.05, 3.63) is 89.6 Å². The average molecular weight is 450 g/mol. The summed E-state index contributed by atoms with van der Waals surface area (Å²) >= 11 is 0. The van der Waals surface area contributed by atoms with Gasteiger partial charge in [-0.25, -0.2) is 4.98 Å². The van der Waals surface area contributed by atoms with Crippen molar-refractivity contribution in [3.8, 4) is 0 Å². The third-order valence-corrected chi connectivity index (χ3v) is 6.32. The Kier molecular flexibility index (Phi) is 8.32. The number of aromatic nitrogens is 1. The molecule has 0 unspecified atom stereocenters. The highest BCUT2D eigenvalue weighted by Crippen LogP contribution is 2.32. The fourth-order valence-electron chi connectivity index (χ4n) is 4.39. The Morgan fingerprint density at radius 3 is 2.39 bits per heavy atom. The molecule has 33 heavy (non-hydrogen) atoms.